The van der Waals surface area contributed by atoms with Gasteiger partial charge in [0.1, 0.15) is 17.2 Å². The van der Waals surface area contributed by atoms with Crippen LogP contribution in [0.2, 0.25) is 0 Å². The van der Waals surface area contributed by atoms with Crippen LogP contribution >= 0.6 is 0 Å². The standard InChI is InChI=1S/C23H26N2O7/c1-25(14-21(26)24-17-6-5-7-18(13-17)29-2)22(27)15-32-23(28)11-8-16-12-19(30-3)9-10-20(16)31-4/h5-13H,14-15H2,1-4H3,(H,24,26)/b11-8+. The third-order valence-corrected chi connectivity index (χ3v) is 4.33. The average Bonchev–Trinajstić information content (AvgIpc) is 2.80. The summed E-state index contributed by atoms with van der Waals surface area (Å²) >= 11 is 0. The maximum absolute atomic E-state index is 12.2. The Bertz CT molecular complexity index is 988. The highest BCUT2D eigenvalue weighted by Gasteiger charge is 2.15. The summed E-state index contributed by atoms with van der Waals surface area (Å²) in [4.78, 5) is 37.5. The van der Waals surface area contributed by atoms with Gasteiger partial charge in [-0.05, 0) is 36.4 Å². The van der Waals surface area contributed by atoms with Gasteiger partial charge in [0.2, 0.25) is 5.91 Å². The summed E-state index contributed by atoms with van der Waals surface area (Å²) in [6.45, 7) is -0.703. The van der Waals surface area contributed by atoms with Crippen LogP contribution in [0.4, 0.5) is 5.69 Å². The molecule has 0 aliphatic rings. The van der Waals surface area contributed by atoms with Crippen molar-refractivity contribution in [1.29, 1.82) is 0 Å². The molecule has 0 radical (unpaired) electrons. The number of ether oxygens (including phenoxy) is 4. The normalized spacial score (nSPS) is 10.4. The Morgan fingerprint density at radius 3 is 2.38 bits per heavy atom. The van der Waals surface area contributed by atoms with Crippen molar-refractivity contribution in [2.24, 2.45) is 0 Å². The number of benzene rings is 2. The number of carbonyl (C=O) groups excluding carboxylic acids is 3. The van der Waals surface area contributed by atoms with Crippen molar-refractivity contribution < 1.29 is 33.3 Å². The van der Waals surface area contributed by atoms with Crippen molar-refractivity contribution in [3.63, 3.8) is 0 Å². The second-order valence-corrected chi connectivity index (χ2v) is 6.58. The van der Waals surface area contributed by atoms with E-state index >= 15 is 0 Å². The van der Waals surface area contributed by atoms with E-state index in [1.165, 1.54) is 40.5 Å². The Morgan fingerprint density at radius 2 is 1.69 bits per heavy atom. The van der Waals surface area contributed by atoms with Gasteiger partial charge < -0.3 is 29.2 Å². The summed E-state index contributed by atoms with van der Waals surface area (Å²) in [7, 11) is 6.01. The number of hydrogen-bond acceptors (Lipinski definition) is 7. The third-order valence-electron chi connectivity index (χ3n) is 4.33. The zero-order valence-corrected chi connectivity index (χ0v) is 18.4. The number of likely N-dealkylation sites (N-methyl/N-ethyl adjacent to an activating group) is 1. The molecule has 0 spiro atoms. The highest BCUT2D eigenvalue weighted by molar-refractivity contribution is 5.95. The van der Waals surface area contributed by atoms with E-state index in [2.05, 4.69) is 5.32 Å². The van der Waals surface area contributed by atoms with Crippen molar-refractivity contribution in [3.05, 3.63) is 54.1 Å². The predicted molar refractivity (Wildman–Crippen MR) is 119 cm³/mol. The van der Waals surface area contributed by atoms with Crippen LogP contribution in [0, 0.1) is 0 Å². The summed E-state index contributed by atoms with van der Waals surface area (Å²) in [6, 6.07) is 12.0. The first-order valence-corrected chi connectivity index (χ1v) is 9.61. The van der Waals surface area contributed by atoms with E-state index in [4.69, 9.17) is 18.9 Å². The lowest BCUT2D eigenvalue weighted by molar-refractivity contribution is -0.148. The van der Waals surface area contributed by atoms with Crippen molar-refractivity contribution in [2.75, 3.05) is 46.8 Å². The number of amides is 2. The molecule has 2 aromatic carbocycles. The topological polar surface area (TPSA) is 103 Å². The van der Waals surface area contributed by atoms with E-state index in [-0.39, 0.29) is 6.54 Å². The Balaban J connectivity index is 1.84. The molecule has 0 fully saturated rings. The molecule has 0 unspecified atom stereocenters. The maximum Gasteiger partial charge on any atom is 0.331 e. The van der Waals surface area contributed by atoms with Crippen LogP contribution in [0.15, 0.2) is 48.5 Å². The molecule has 0 atom stereocenters. The van der Waals surface area contributed by atoms with Crippen LogP contribution in [0.5, 0.6) is 17.2 Å². The summed E-state index contributed by atoms with van der Waals surface area (Å²) < 4.78 is 20.5. The summed E-state index contributed by atoms with van der Waals surface area (Å²) in [5.41, 5.74) is 1.15. The molecule has 0 aliphatic carbocycles. The lowest BCUT2D eigenvalue weighted by Crippen LogP contribution is -2.37. The number of carbonyl (C=O) groups is 3. The lowest BCUT2D eigenvalue weighted by Gasteiger charge is -2.16. The van der Waals surface area contributed by atoms with E-state index in [9.17, 15) is 14.4 Å². The molecule has 32 heavy (non-hydrogen) atoms. The second-order valence-electron chi connectivity index (χ2n) is 6.58. The molecule has 9 nitrogen and oxygen atoms in total. The Hall–Kier alpha value is -4.01. The second kappa shape index (κ2) is 12.0. The van der Waals surface area contributed by atoms with E-state index in [1.807, 2.05) is 0 Å². The van der Waals surface area contributed by atoms with Crippen LogP contribution in [0.1, 0.15) is 5.56 Å². The number of rotatable bonds is 10. The molecule has 1 N–H and O–H groups in total. The molecule has 0 saturated heterocycles. The first kappa shape index (κ1) is 24.3. The molecule has 0 aromatic heterocycles. The van der Waals surface area contributed by atoms with Crippen LogP contribution in [0.25, 0.3) is 6.08 Å². The van der Waals surface area contributed by atoms with Gasteiger partial charge >= 0.3 is 5.97 Å². The molecule has 0 saturated carbocycles. The highest BCUT2D eigenvalue weighted by Crippen LogP contribution is 2.25. The quantitative estimate of drug-likeness (QED) is 0.445. The molecule has 170 valence electrons. The van der Waals surface area contributed by atoms with Gasteiger partial charge in [-0.3, -0.25) is 9.59 Å². The van der Waals surface area contributed by atoms with E-state index < -0.39 is 24.4 Å². The Morgan fingerprint density at radius 1 is 0.969 bits per heavy atom. The zero-order valence-electron chi connectivity index (χ0n) is 18.4. The molecule has 0 heterocycles. The van der Waals surface area contributed by atoms with Crippen LogP contribution in [0.3, 0.4) is 0 Å². The van der Waals surface area contributed by atoms with Crippen molar-refractivity contribution in [3.8, 4) is 17.2 Å². The Kier molecular flexibility index (Phi) is 9.09. The molecular formula is C23H26N2O7. The zero-order chi connectivity index (χ0) is 23.5. The van der Waals surface area contributed by atoms with Crippen molar-refractivity contribution in [1.82, 2.24) is 4.90 Å². The summed E-state index contributed by atoms with van der Waals surface area (Å²) in [6.07, 6.45) is 2.68. The minimum Gasteiger partial charge on any atom is -0.497 e. The molecule has 2 amide bonds. The Labute approximate surface area is 186 Å². The molecule has 9 heteroatoms. The highest BCUT2D eigenvalue weighted by atomic mass is 16.5. The average molecular weight is 442 g/mol. The van der Waals surface area contributed by atoms with Gasteiger partial charge in [0.25, 0.3) is 5.91 Å². The van der Waals surface area contributed by atoms with Gasteiger partial charge in [-0.2, -0.15) is 0 Å². The molecular weight excluding hydrogens is 416 g/mol. The van der Waals surface area contributed by atoms with Gasteiger partial charge in [0.15, 0.2) is 6.61 Å². The van der Waals surface area contributed by atoms with Crippen LogP contribution < -0.4 is 19.5 Å². The monoisotopic (exact) mass is 442 g/mol. The van der Waals surface area contributed by atoms with Crippen molar-refractivity contribution >= 4 is 29.5 Å². The molecule has 2 aromatic rings. The first-order valence-electron chi connectivity index (χ1n) is 9.61. The third kappa shape index (κ3) is 7.35. The number of hydrogen-bond donors (Lipinski definition) is 1. The van der Waals surface area contributed by atoms with E-state index in [0.29, 0.717) is 28.5 Å². The molecule has 0 aliphatic heterocycles. The van der Waals surface area contributed by atoms with E-state index in [1.54, 1.807) is 42.5 Å². The predicted octanol–water partition coefficient (Wildman–Crippen LogP) is 2.37. The fraction of sp³-hybridized carbons (Fsp3) is 0.261. The summed E-state index contributed by atoms with van der Waals surface area (Å²) in [5.74, 6) is 0.115. The number of methoxy groups -OCH3 is 3. The fourth-order valence-corrected chi connectivity index (χ4v) is 2.62. The van der Waals surface area contributed by atoms with Gasteiger partial charge in [-0.15, -0.1) is 0 Å². The molecule has 2 rings (SSSR count). The first-order chi connectivity index (χ1) is 15.4. The smallest absolute Gasteiger partial charge is 0.331 e. The SMILES string of the molecule is COc1cccc(NC(=O)CN(C)C(=O)COC(=O)/C=C/c2cc(OC)ccc2OC)c1. The number of nitrogens with zero attached hydrogens (tertiary/aromatic N) is 1. The minimum atomic E-state index is -0.711. The number of anilines is 1. The fourth-order valence-electron chi connectivity index (χ4n) is 2.62. The summed E-state index contributed by atoms with van der Waals surface area (Å²) in [5, 5.41) is 2.67. The number of esters is 1. The lowest BCUT2D eigenvalue weighted by atomic mass is 10.1. The van der Waals surface area contributed by atoms with Crippen molar-refractivity contribution in [2.45, 2.75) is 0 Å². The van der Waals surface area contributed by atoms with Crippen LogP contribution in [-0.2, 0) is 19.1 Å². The number of nitrogens with one attached hydrogen (secondary N) is 1. The van der Waals surface area contributed by atoms with Gasteiger partial charge in [0.05, 0.1) is 27.9 Å². The van der Waals surface area contributed by atoms with Gasteiger partial charge in [0, 0.05) is 30.4 Å². The largest absolute Gasteiger partial charge is 0.497 e. The van der Waals surface area contributed by atoms with E-state index in [0.717, 1.165) is 4.90 Å². The van der Waals surface area contributed by atoms with Crippen LogP contribution in [-0.4, -0.2) is 64.2 Å². The van der Waals surface area contributed by atoms with Gasteiger partial charge in [-0.25, -0.2) is 4.79 Å². The van der Waals surface area contributed by atoms with Gasteiger partial charge in [-0.1, -0.05) is 6.07 Å². The maximum atomic E-state index is 12.2. The minimum absolute atomic E-state index is 0.204. The molecule has 0 bridgehead atoms.